The molecule has 3 aliphatic carbocycles. The minimum Gasteiger partial charge on any atom is -0.318 e. The molecule has 3 aliphatic rings. The molecule has 0 saturated heterocycles. The zero-order valence-corrected chi connectivity index (χ0v) is 10.1. The summed E-state index contributed by atoms with van der Waals surface area (Å²) in [5, 5.41) is 3.23. The minimum absolute atomic E-state index is 1.08. The molecule has 4 atom stereocenters. The maximum absolute atomic E-state index is 3.23. The van der Waals surface area contributed by atoms with Gasteiger partial charge in [-0.1, -0.05) is 0 Å². The molecule has 0 heterocycles. The summed E-state index contributed by atoms with van der Waals surface area (Å²) >= 11 is 0. The lowest BCUT2D eigenvalue weighted by molar-refractivity contribution is 0.290. The van der Waals surface area contributed by atoms with Gasteiger partial charge in [-0.3, -0.25) is 0 Å². The number of hydrogen-bond acceptors (Lipinski definition) is 2. The highest BCUT2D eigenvalue weighted by molar-refractivity contribution is 5.13. The van der Waals surface area contributed by atoms with Gasteiger partial charge >= 0.3 is 0 Å². The normalized spacial score (nSPS) is 46.2. The van der Waals surface area contributed by atoms with E-state index in [-0.39, 0.29) is 0 Å². The third-order valence-corrected chi connectivity index (χ3v) is 5.16. The van der Waals surface area contributed by atoms with Crippen LogP contribution in [0.2, 0.25) is 0 Å². The van der Waals surface area contributed by atoms with Crippen molar-refractivity contribution in [2.45, 2.75) is 19.3 Å². The zero-order valence-electron chi connectivity index (χ0n) is 10.1. The van der Waals surface area contributed by atoms with Crippen LogP contribution >= 0.6 is 0 Å². The Morgan fingerprint density at radius 2 is 1.87 bits per heavy atom. The SMILES string of the molecule is CNCCN(C)CC1C2C3CCC(C3)C12. The van der Waals surface area contributed by atoms with Crippen molar-refractivity contribution in [3.8, 4) is 0 Å². The molecule has 2 heteroatoms. The van der Waals surface area contributed by atoms with Gasteiger partial charge in [0, 0.05) is 19.6 Å². The van der Waals surface area contributed by atoms with Gasteiger partial charge in [0.15, 0.2) is 0 Å². The van der Waals surface area contributed by atoms with Crippen LogP contribution in [0, 0.1) is 29.6 Å². The summed E-state index contributed by atoms with van der Waals surface area (Å²) in [5.74, 6) is 5.67. The molecule has 3 rings (SSSR count). The van der Waals surface area contributed by atoms with E-state index in [9.17, 15) is 0 Å². The van der Waals surface area contributed by atoms with Crippen LogP contribution < -0.4 is 5.32 Å². The Morgan fingerprint density at radius 3 is 2.47 bits per heavy atom. The summed E-state index contributed by atoms with van der Waals surface area (Å²) in [4.78, 5) is 2.53. The Balaban J connectivity index is 1.47. The smallest absolute Gasteiger partial charge is 0.0104 e. The van der Waals surface area contributed by atoms with Crippen molar-refractivity contribution in [3.05, 3.63) is 0 Å². The number of nitrogens with zero attached hydrogens (tertiary/aromatic N) is 1. The van der Waals surface area contributed by atoms with Gasteiger partial charge in [0.2, 0.25) is 0 Å². The predicted octanol–water partition coefficient (Wildman–Crippen LogP) is 1.43. The summed E-state index contributed by atoms with van der Waals surface area (Å²) in [6.45, 7) is 3.71. The molecule has 1 N–H and O–H groups in total. The fourth-order valence-electron chi connectivity index (χ4n) is 4.51. The van der Waals surface area contributed by atoms with Gasteiger partial charge in [0.05, 0.1) is 0 Å². The van der Waals surface area contributed by atoms with Gasteiger partial charge < -0.3 is 10.2 Å². The Labute approximate surface area is 93.4 Å². The second kappa shape index (κ2) is 3.74. The van der Waals surface area contributed by atoms with Crippen LogP contribution in [-0.2, 0) is 0 Å². The van der Waals surface area contributed by atoms with Crippen molar-refractivity contribution in [2.24, 2.45) is 29.6 Å². The van der Waals surface area contributed by atoms with Crippen molar-refractivity contribution in [1.29, 1.82) is 0 Å². The van der Waals surface area contributed by atoms with E-state index < -0.39 is 0 Å². The maximum Gasteiger partial charge on any atom is 0.0104 e. The van der Waals surface area contributed by atoms with Crippen LogP contribution in [0.5, 0.6) is 0 Å². The van der Waals surface area contributed by atoms with E-state index in [2.05, 4.69) is 17.3 Å². The summed E-state index contributed by atoms with van der Waals surface area (Å²) in [6, 6.07) is 0. The van der Waals surface area contributed by atoms with E-state index in [1.807, 2.05) is 7.05 Å². The molecule has 0 amide bonds. The molecule has 0 aromatic rings. The van der Waals surface area contributed by atoms with Crippen molar-refractivity contribution in [1.82, 2.24) is 10.2 Å². The molecule has 2 nitrogen and oxygen atoms in total. The first kappa shape index (κ1) is 10.1. The Hall–Kier alpha value is -0.0800. The molecule has 0 spiro atoms. The van der Waals surface area contributed by atoms with Gasteiger partial charge in [-0.05, 0) is 62.9 Å². The molecule has 0 aromatic carbocycles. The Kier molecular flexibility index (Phi) is 2.52. The highest BCUT2D eigenvalue weighted by Gasteiger charge is 2.64. The van der Waals surface area contributed by atoms with Crippen LogP contribution in [0.4, 0.5) is 0 Å². The standard InChI is InChI=1S/C13H24N2/c1-14-5-6-15(2)8-11-12-9-3-4-10(7-9)13(11)12/h9-14H,3-8H2,1-2H3. The molecule has 0 radical (unpaired) electrons. The van der Waals surface area contributed by atoms with E-state index in [0.29, 0.717) is 0 Å². The molecule has 0 aromatic heterocycles. The molecular weight excluding hydrogens is 184 g/mol. The first-order chi connectivity index (χ1) is 7.31. The lowest BCUT2D eigenvalue weighted by atomic mass is 10.0. The fourth-order valence-corrected chi connectivity index (χ4v) is 4.51. The second-order valence-electron chi connectivity index (χ2n) is 6.02. The molecule has 4 unspecified atom stereocenters. The highest BCUT2D eigenvalue weighted by atomic mass is 15.1. The summed E-state index contributed by atoms with van der Waals surface area (Å²) in [7, 11) is 4.33. The van der Waals surface area contributed by atoms with Crippen molar-refractivity contribution >= 4 is 0 Å². The second-order valence-corrected chi connectivity index (χ2v) is 6.02. The van der Waals surface area contributed by atoms with E-state index in [1.54, 1.807) is 19.3 Å². The van der Waals surface area contributed by atoms with Gasteiger partial charge in [-0.2, -0.15) is 0 Å². The van der Waals surface area contributed by atoms with E-state index in [0.717, 1.165) is 36.1 Å². The van der Waals surface area contributed by atoms with Crippen LogP contribution in [-0.4, -0.2) is 38.6 Å². The predicted molar refractivity (Wildman–Crippen MR) is 62.7 cm³/mol. The van der Waals surface area contributed by atoms with Crippen molar-refractivity contribution < 1.29 is 0 Å². The summed E-state index contributed by atoms with van der Waals surface area (Å²) in [6.07, 6.45) is 4.71. The molecule has 86 valence electrons. The summed E-state index contributed by atoms with van der Waals surface area (Å²) in [5.41, 5.74) is 0. The largest absolute Gasteiger partial charge is 0.318 e. The third-order valence-electron chi connectivity index (χ3n) is 5.16. The maximum atomic E-state index is 3.23. The number of hydrogen-bond donors (Lipinski definition) is 1. The molecule has 15 heavy (non-hydrogen) atoms. The van der Waals surface area contributed by atoms with Crippen LogP contribution in [0.1, 0.15) is 19.3 Å². The number of likely N-dealkylation sites (N-methyl/N-ethyl adjacent to an activating group) is 2. The monoisotopic (exact) mass is 208 g/mol. The third kappa shape index (κ3) is 1.62. The lowest BCUT2D eigenvalue weighted by Crippen LogP contribution is -2.30. The minimum atomic E-state index is 1.08. The van der Waals surface area contributed by atoms with Crippen LogP contribution in [0.15, 0.2) is 0 Å². The quantitative estimate of drug-likeness (QED) is 0.735. The molecule has 2 bridgehead atoms. The number of fused-ring (bicyclic) bond motifs is 5. The van der Waals surface area contributed by atoms with Crippen molar-refractivity contribution in [3.63, 3.8) is 0 Å². The Morgan fingerprint density at radius 1 is 1.20 bits per heavy atom. The van der Waals surface area contributed by atoms with E-state index in [1.165, 1.54) is 13.1 Å². The molecule has 3 saturated carbocycles. The van der Waals surface area contributed by atoms with Gasteiger partial charge in [-0.15, -0.1) is 0 Å². The first-order valence-corrected chi connectivity index (χ1v) is 6.64. The summed E-state index contributed by atoms with van der Waals surface area (Å²) < 4.78 is 0. The van der Waals surface area contributed by atoms with Gasteiger partial charge in [0.1, 0.15) is 0 Å². The molecular formula is C13H24N2. The zero-order chi connectivity index (χ0) is 10.4. The topological polar surface area (TPSA) is 15.3 Å². The lowest BCUT2D eigenvalue weighted by Gasteiger charge is -2.18. The fraction of sp³-hybridized carbons (Fsp3) is 1.00. The van der Waals surface area contributed by atoms with Gasteiger partial charge in [0.25, 0.3) is 0 Å². The number of nitrogens with one attached hydrogen (secondary N) is 1. The average Bonchev–Trinajstić information content (AvgIpc) is 2.65. The highest BCUT2D eigenvalue weighted by Crippen LogP contribution is 2.69. The number of rotatable bonds is 5. The first-order valence-electron chi connectivity index (χ1n) is 6.64. The van der Waals surface area contributed by atoms with Crippen LogP contribution in [0.3, 0.4) is 0 Å². The van der Waals surface area contributed by atoms with Crippen LogP contribution in [0.25, 0.3) is 0 Å². The van der Waals surface area contributed by atoms with Gasteiger partial charge in [-0.25, -0.2) is 0 Å². The average molecular weight is 208 g/mol. The molecule has 0 aliphatic heterocycles. The van der Waals surface area contributed by atoms with Crippen molar-refractivity contribution in [2.75, 3.05) is 33.7 Å². The molecule has 3 fully saturated rings. The van der Waals surface area contributed by atoms with E-state index >= 15 is 0 Å². The Bertz CT molecular complexity index is 225. The van der Waals surface area contributed by atoms with E-state index in [4.69, 9.17) is 0 Å².